The van der Waals surface area contributed by atoms with Crippen molar-refractivity contribution in [3.63, 3.8) is 0 Å². The smallest absolute Gasteiger partial charge is 0.305 e. The number of benzene rings is 3. The van der Waals surface area contributed by atoms with Crippen molar-refractivity contribution in [3.8, 4) is 11.5 Å². The number of ketones is 1. The van der Waals surface area contributed by atoms with Gasteiger partial charge < -0.3 is 14.6 Å². The van der Waals surface area contributed by atoms with E-state index in [-0.39, 0.29) is 35.9 Å². The minimum Gasteiger partial charge on any atom is -0.507 e. The second-order valence-corrected chi connectivity index (χ2v) is 7.34. The largest absolute Gasteiger partial charge is 0.507 e. The highest BCUT2D eigenvalue weighted by atomic mass is 16.5. The number of ether oxygens (including phenoxy) is 2. The molecule has 1 N–H and O–H groups in total. The highest BCUT2D eigenvalue weighted by Gasteiger charge is 2.27. The number of Topliss-reactive ketones (excluding diaryl/α,β-unsaturated/α-hetero) is 1. The van der Waals surface area contributed by atoms with Crippen LogP contribution in [0.2, 0.25) is 0 Å². The number of esters is 1. The fourth-order valence-corrected chi connectivity index (χ4v) is 3.50. The lowest BCUT2D eigenvalue weighted by Crippen LogP contribution is -2.16. The first kappa shape index (κ1) is 22.1. The molecule has 0 aliphatic rings. The summed E-state index contributed by atoms with van der Waals surface area (Å²) in [6.45, 7) is 2.27. The van der Waals surface area contributed by atoms with Crippen LogP contribution in [0.4, 0.5) is 0 Å². The second-order valence-electron chi connectivity index (χ2n) is 7.34. The number of rotatable bonds is 9. The Morgan fingerprint density at radius 3 is 2.39 bits per heavy atom. The molecule has 31 heavy (non-hydrogen) atoms. The van der Waals surface area contributed by atoms with E-state index in [1.807, 2.05) is 61.5 Å². The van der Waals surface area contributed by atoms with Gasteiger partial charge in [-0.1, -0.05) is 54.6 Å². The van der Waals surface area contributed by atoms with Crippen molar-refractivity contribution < 1.29 is 24.2 Å². The molecule has 5 heteroatoms. The van der Waals surface area contributed by atoms with Gasteiger partial charge in [-0.2, -0.15) is 0 Å². The van der Waals surface area contributed by atoms with Crippen LogP contribution in [-0.4, -0.2) is 24.0 Å². The highest BCUT2D eigenvalue weighted by Crippen LogP contribution is 2.33. The van der Waals surface area contributed by atoms with Gasteiger partial charge in [-0.05, 0) is 48.2 Å². The quantitative estimate of drug-likeness (QED) is 0.382. The van der Waals surface area contributed by atoms with Crippen LogP contribution >= 0.6 is 0 Å². The minimum atomic E-state index is -0.587. The van der Waals surface area contributed by atoms with E-state index in [9.17, 15) is 14.7 Å². The molecule has 1 unspecified atom stereocenters. The third kappa shape index (κ3) is 5.72. The molecule has 0 saturated carbocycles. The lowest BCUT2D eigenvalue weighted by atomic mass is 9.84. The Bertz CT molecular complexity index is 1040. The van der Waals surface area contributed by atoms with Gasteiger partial charge in [0.1, 0.15) is 18.1 Å². The molecule has 0 bridgehead atoms. The molecule has 3 aromatic carbocycles. The van der Waals surface area contributed by atoms with E-state index in [0.717, 1.165) is 16.7 Å². The van der Waals surface area contributed by atoms with Crippen molar-refractivity contribution in [2.45, 2.75) is 32.3 Å². The molecule has 0 radical (unpaired) electrons. The van der Waals surface area contributed by atoms with Crippen LogP contribution in [0.15, 0.2) is 72.8 Å². The van der Waals surface area contributed by atoms with E-state index in [1.165, 1.54) is 13.2 Å². The zero-order chi connectivity index (χ0) is 22.2. The van der Waals surface area contributed by atoms with Crippen molar-refractivity contribution in [2.75, 3.05) is 7.11 Å². The summed E-state index contributed by atoms with van der Waals surface area (Å²) in [6.07, 6.45) is 0.386. The maximum absolute atomic E-state index is 13.5. The van der Waals surface area contributed by atoms with E-state index in [1.54, 1.807) is 12.1 Å². The van der Waals surface area contributed by atoms with Gasteiger partial charge >= 0.3 is 5.97 Å². The van der Waals surface area contributed by atoms with Crippen LogP contribution in [0.25, 0.3) is 0 Å². The molecule has 0 spiro atoms. The fourth-order valence-electron chi connectivity index (χ4n) is 3.50. The summed E-state index contributed by atoms with van der Waals surface area (Å²) in [4.78, 5) is 25.2. The van der Waals surface area contributed by atoms with Gasteiger partial charge in [-0.15, -0.1) is 0 Å². The predicted octanol–water partition coefficient (Wildman–Crippen LogP) is 5.20. The Morgan fingerprint density at radius 1 is 0.968 bits per heavy atom. The number of phenolic OH excluding ortho intramolecular Hbond substituents is 1. The van der Waals surface area contributed by atoms with Crippen molar-refractivity contribution in [3.05, 3.63) is 95.1 Å². The summed E-state index contributed by atoms with van der Waals surface area (Å²) in [5.41, 5.74) is 2.94. The fraction of sp³-hybridized carbons (Fsp3) is 0.231. The van der Waals surface area contributed by atoms with Crippen LogP contribution in [0.1, 0.15) is 45.8 Å². The maximum Gasteiger partial charge on any atom is 0.305 e. The summed E-state index contributed by atoms with van der Waals surface area (Å²) in [7, 11) is 1.33. The molecule has 3 rings (SSSR count). The van der Waals surface area contributed by atoms with Crippen molar-refractivity contribution in [2.24, 2.45) is 0 Å². The van der Waals surface area contributed by atoms with Gasteiger partial charge in [0.25, 0.3) is 0 Å². The Morgan fingerprint density at radius 2 is 1.68 bits per heavy atom. The van der Waals surface area contributed by atoms with E-state index >= 15 is 0 Å². The van der Waals surface area contributed by atoms with Crippen LogP contribution in [-0.2, 0) is 16.1 Å². The molecule has 1 atom stereocenters. The lowest BCUT2D eigenvalue weighted by molar-refractivity contribution is -0.140. The molecule has 160 valence electrons. The van der Waals surface area contributed by atoms with Crippen molar-refractivity contribution in [1.82, 2.24) is 0 Å². The average molecular weight is 418 g/mol. The number of carbonyl (C=O) groups excluding carboxylic acids is 2. The monoisotopic (exact) mass is 418 g/mol. The Labute approximate surface area is 182 Å². The number of aryl methyl sites for hydroxylation is 1. The Balaban J connectivity index is 1.87. The topological polar surface area (TPSA) is 72.8 Å². The predicted molar refractivity (Wildman–Crippen MR) is 118 cm³/mol. The first-order chi connectivity index (χ1) is 15.0. The van der Waals surface area contributed by atoms with Crippen molar-refractivity contribution in [1.29, 1.82) is 0 Å². The molecular weight excluding hydrogens is 392 g/mol. The molecule has 0 aromatic heterocycles. The molecule has 5 nitrogen and oxygen atoms in total. The number of hydrogen-bond acceptors (Lipinski definition) is 5. The SMILES string of the molecule is COC(=O)CCC(C(=O)c1cc(OCc2ccccc2)ccc1O)c1ccccc1C. The molecule has 0 aliphatic carbocycles. The number of hydrogen-bond donors (Lipinski definition) is 1. The van der Waals surface area contributed by atoms with E-state index in [2.05, 4.69) is 0 Å². The van der Waals surface area contributed by atoms with Crippen LogP contribution in [0.3, 0.4) is 0 Å². The normalized spacial score (nSPS) is 11.5. The van der Waals surface area contributed by atoms with Crippen LogP contribution in [0.5, 0.6) is 11.5 Å². The van der Waals surface area contributed by atoms with Gasteiger partial charge in [0.2, 0.25) is 0 Å². The van der Waals surface area contributed by atoms with Gasteiger partial charge in [0, 0.05) is 12.3 Å². The van der Waals surface area contributed by atoms with E-state index in [4.69, 9.17) is 9.47 Å². The Hall–Kier alpha value is -3.60. The van der Waals surface area contributed by atoms with Crippen LogP contribution in [0, 0.1) is 6.92 Å². The first-order valence-corrected chi connectivity index (χ1v) is 10.2. The number of carbonyl (C=O) groups is 2. The summed E-state index contributed by atoms with van der Waals surface area (Å²) in [5, 5.41) is 10.4. The molecule has 0 heterocycles. The Kier molecular flexibility index (Phi) is 7.44. The van der Waals surface area contributed by atoms with E-state index in [0.29, 0.717) is 12.4 Å². The van der Waals surface area contributed by atoms with Gasteiger partial charge in [0.15, 0.2) is 5.78 Å². The molecule has 3 aromatic rings. The first-order valence-electron chi connectivity index (χ1n) is 10.2. The third-order valence-electron chi connectivity index (χ3n) is 5.23. The van der Waals surface area contributed by atoms with Gasteiger partial charge in [-0.3, -0.25) is 9.59 Å². The zero-order valence-corrected chi connectivity index (χ0v) is 17.7. The van der Waals surface area contributed by atoms with E-state index < -0.39 is 5.92 Å². The second kappa shape index (κ2) is 10.4. The maximum atomic E-state index is 13.5. The zero-order valence-electron chi connectivity index (χ0n) is 17.7. The summed E-state index contributed by atoms with van der Waals surface area (Å²) >= 11 is 0. The van der Waals surface area contributed by atoms with Crippen LogP contribution < -0.4 is 4.74 Å². The standard InChI is InChI=1S/C26H26O5/c1-18-8-6-7-11-21(18)22(13-15-25(28)30-2)26(29)23-16-20(12-14-24(23)27)31-17-19-9-4-3-5-10-19/h3-12,14,16,22,27H,13,15,17H2,1-2H3. The van der Waals surface area contributed by atoms with Gasteiger partial charge in [0.05, 0.1) is 12.7 Å². The number of phenols is 1. The molecule has 0 aliphatic heterocycles. The summed E-state index contributed by atoms with van der Waals surface area (Å²) < 4.78 is 10.6. The molecule has 0 amide bonds. The van der Waals surface area contributed by atoms with Crippen molar-refractivity contribution >= 4 is 11.8 Å². The number of aromatic hydroxyl groups is 1. The molecular formula is C26H26O5. The summed E-state index contributed by atoms with van der Waals surface area (Å²) in [6, 6.07) is 21.9. The number of methoxy groups -OCH3 is 1. The summed E-state index contributed by atoms with van der Waals surface area (Å²) in [5.74, 6) is -0.859. The molecule has 0 saturated heterocycles. The lowest BCUT2D eigenvalue weighted by Gasteiger charge is -2.19. The van der Waals surface area contributed by atoms with Gasteiger partial charge in [-0.25, -0.2) is 0 Å². The molecule has 0 fully saturated rings. The minimum absolute atomic E-state index is 0.103. The highest BCUT2D eigenvalue weighted by molar-refractivity contribution is 6.03. The third-order valence-corrected chi connectivity index (χ3v) is 5.23. The average Bonchev–Trinajstić information content (AvgIpc) is 2.80.